The first-order valence-electron chi connectivity index (χ1n) is 8.58. The lowest BCUT2D eigenvalue weighted by Gasteiger charge is -2.28. The molecule has 1 aromatic rings. The molecule has 132 valence electrons. The molecule has 5 nitrogen and oxygen atoms in total. The van der Waals surface area contributed by atoms with Crippen LogP contribution in [-0.4, -0.2) is 35.1 Å². The highest BCUT2D eigenvalue weighted by atomic mass is 16.6. The number of rotatable bonds is 3. The maximum Gasteiger partial charge on any atom is 0.410 e. The molecule has 1 N–H and O–H groups in total. The van der Waals surface area contributed by atoms with Gasteiger partial charge in [-0.05, 0) is 57.2 Å². The van der Waals surface area contributed by atoms with Gasteiger partial charge in [-0.1, -0.05) is 26.0 Å². The molecule has 2 rings (SSSR count). The first-order chi connectivity index (χ1) is 11.2. The second-order valence-electron chi connectivity index (χ2n) is 7.60. The fourth-order valence-electron chi connectivity index (χ4n) is 2.76. The minimum Gasteiger partial charge on any atom is -0.444 e. The third kappa shape index (κ3) is 4.73. The molecule has 0 saturated carbocycles. The van der Waals surface area contributed by atoms with Crippen molar-refractivity contribution in [3.05, 3.63) is 29.8 Å². The molecule has 1 atom stereocenters. The van der Waals surface area contributed by atoms with Crippen molar-refractivity contribution in [1.82, 2.24) is 4.90 Å². The van der Waals surface area contributed by atoms with Crippen molar-refractivity contribution in [2.75, 3.05) is 11.9 Å². The minimum atomic E-state index is -0.562. The fraction of sp³-hybridized carbons (Fsp3) is 0.579. The number of carbonyl (C=O) groups excluding carboxylic acids is 2. The SMILES string of the molecule is CC(C)c1ccc(NC(=O)[C@@H]2CCCN2C(=O)OC(C)(C)C)cc1. The summed E-state index contributed by atoms with van der Waals surface area (Å²) in [6.45, 7) is 10.3. The normalized spacial score (nSPS) is 17.9. The van der Waals surface area contributed by atoms with Crippen molar-refractivity contribution in [1.29, 1.82) is 0 Å². The van der Waals surface area contributed by atoms with Crippen molar-refractivity contribution in [2.45, 2.75) is 65.0 Å². The second kappa shape index (κ2) is 7.24. The van der Waals surface area contributed by atoms with Gasteiger partial charge in [0.05, 0.1) is 0 Å². The average Bonchev–Trinajstić information content (AvgIpc) is 2.95. The summed E-state index contributed by atoms with van der Waals surface area (Å²) < 4.78 is 5.40. The van der Waals surface area contributed by atoms with E-state index >= 15 is 0 Å². The molecule has 0 unspecified atom stereocenters. The predicted octanol–water partition coefficient (Wildman–Crippen LogP) is 4.15. The van der Waals surface area contributed by atoms with Gasteiger partial charge in [0.25, 0.3) is 0 Å². The monoisotopic (exact) mass is 332 g/mol. The van der Waals surface area contributed by atoms with Gasteiger partial charge < -0.3 is 10.1 Å². The van der Waals surface area contributed by atoms with Crippen LogP contribution < -0.4 is 5.32 Å². The van der Waals surface area contributed by atoms with Crippen LogP contribution in [0.25, 0.3) is 0 Å². The van der Waals surface area contributed by atoms with Gasteiger partial charge >= 0.3 is 6.09 Å². The summed E-state index contributed by atoms with van der Waals surface area (Å²) in [6.07, 6.45) is 1.05. The van der Waals surface area contributed by atoms with Crippen LogP contribution in [0.4, 0.5) is 10.5 Å². The molecule has 1 aromatic carbocycles. The van der Waals surface area contributed by atoms with Crippen molar-refractivity contribution >= 4 is 17.7 Å². The van der Waals surface area contributed by atoms with E-state index in [1.165, 1.54) is 10.5 Å². The molecule has 0 aliphatic carbocycles. The van der Waals surface area contributed by atoms with Gasteiger partial charge in [-0.3, -0.25) is 9.69 Å². The largest absolute Gasteiger partial charge is 0.444 e. The van der Waals surface area contributed by atoms with E-state index in [1.54, 1.807) is 0 Å². The van der Waals surface area contributed by atoms with E-state index < -0.39 is 17.7 Å². The molecule has 0 spiro atoms. The lowest BCUT2D eigenvalue weighted by atomic mass is 10.0. The van der Waals surface area contributed by atoms with E-state index in [0.717, 1.165) is 12.1 Å². The number of anilines is 1. The Balaban J connectivity index is 2.01. The average molecular weight is 332 g/mol. The van der Waals surface area contributed by atoms with Crippen molar-refractivity contribution in [3.8, 4) is 0 Å². The van der Waals surface area contributed by atoms with Gasteiger partial charge in [0.15, 0.2) is 0 Å². The topological polar surface area (TPSA) is 58.6 Å². The third-order valence-electron chi connectivity index (χ3n) is 4.03. The highest BCUT2D eigenvalue weighted by Crippen LogP contribution is 2.23. The van der Waals surface area contributed by atoms with E-state index in [0.29, 0.717) is 18.9 Å². The molecule has 0 bridgehead atoms. The van der Waals surface area contributed by atoms with Crippen LogP contribution in [0.1, 0.15) is 58.9 Å². The summed E-state index contributed by atoms with van der Waals surface area (Å²) >= 11 is 0. The molecule has 1 heterocycles. The predicted molar refractivity (Wildman–Crippen MR) is 95.1 cm³/mol. The van der Waals surface area contributed by atoms with Gasteiger partial charge in [-0.15, -0.1) is 0 Å². The number of nitrogens with one attached hydrogen (secondary N) is 1. The Kier molecular flexibility index (Phi) is 5.52. The van der Waals surface area contributed by atoms with E-state index in [4.69, 9.17) is 4.74 Å². The Morgan fingerprint density at radius 1 is 1.21 bits per heavy atom. The first-order valence-corrected chi connectivity index (χ1v) is 8.58. The molecular weight excluding hydrogens is 304 g/mol. The number of ether oxygens (including phenoxy) is 1. The summed E-state index contributed by atoms with van der Waals surface area (Å²) in [4.78, 5) is 26.4. The van der Waals surface area contributed by atoms with Gasteiger partial charge in [0.1, 0.15) is 11.6 Å². The number of amides is 2. The van der Waals surface area contributed by atoms with Gasteiger partial charge in [-0.25, -0.2) is 4.79 Å². The molecule has 1 aliphatic heterocycles. The van der Waals surface area contributed by atoms with Crippen molar-refractivity contribution in [2.24, 2.45) is 0 Å². The van der Waals surface area contributed by atoms with E-state index in [9.17, 15) is 9.59 Å². The van der Waals surface area contributed by atoms with Gasteiger partial charge in [-0.2, -0.15) is 0 Å². The quantitative estimate of drug-likeness (QED) is 0.904. The second-order valence-corrected chi connectivity index (χ2v) is 7.60. The molecular formula is C19H28N2O3. The van der Waals surface area contributed by atoms with E-state index in [-0.39, 0.29) is 5.91 Å². The third-order valence-corrected chi connectivity index (χ3v) is 4.03. The maximum atomic E-state index is 12.6. The van der Waals surface area contributed by atoms with E-state index in [1.807, 2.05) is 45.0 Å². The number of likely N-dealkylation sites (tertiary alicyclic amines) is 1. The van der Waals surface area contributed by atoms with Crippen LogP contribution in [0.15, 0.2) is 24.3 Å². The summed E-state index contributed by atoms with van der Waals surface area (Å²) in [7, 11) is 0. The van der Waals surface area contributed by atoms with E-state index in [2.05, 4.69) is 19.2 Å². The lowest BCUT2D eigenvalue weighted by Crippen LogP contribution is -2.45. The molecule has 1 aliphatic rings. The lowest BCUT2D eigenvalue weighted by molar-refractivity contribution is -0.120. The van der Waals surface area contributed by atoms with Crippen molar-refractivity contribution < 1.29 is 14.3 Å². The number of nitrogens with zero attached hydrogens (tertiary/aromatic N) is 1. The zero-order chi connectivity index (χ0) is 17.9. The number of hydrogen-bond acceptors (Lipinski definition) is 3. The van der Waals surface area contributed by atoms with Gasteiger partial charge in [0.2, 0.25) is 5.91 Å². The zero-order valence-electron chi connectivity index (χ0n) is 15.3. The standard InChI is InChI=1S/C19H28N2O3/c1-13(2)14-8-10-15(11-9-14)20-17(22)16-7-6-12-21(16)18(23)24-19(3,4)5/h8-11,13,16H,6-7,12H2,1-5H3,(H,20,22)/t16-/m0/s1. The fourth-order valence-corrected chi connectivity index (χ4v) is 2.76. The Bertz CT molecular complexity index is 588. The molecule has 0 aromatic heterocycles. The van der Waals surface area contributed by atoms with Crippen LogP contribution in [0, 0.1) is 0 Å². The summed E-state index contributed by atoms with van der Waals surface area (Å²) in [5.41, 5.74) is 1.41. The van der Waals surface area contributed by atoms with Crippen LogP contribution in [-0.2, 0) is 9.53 Å². The highest BCUT2D eigenvalue weighted by molar-refractivity contribution is 5.96. The molecule has 24 heavy (non-hydrogen) atoms. The van der Waals surface area contributed by atoms with Gasteiger partial charge in [0, 0.05) is 12.2 Å². The number of benzene rings is 1. The molecule has 5 heteroatoms. The first kappa shape index (κ1) is 18.3. The summed E-state index contributed by atoms with van der Waals surface area (Å²) in [5.74, 6) is 0.294. The number of hydrogen-bond donors (Lipinski definition) is 1. The smallest absolute Gasteiger partial charge is 0.410 e. The zero-order valence-corrected chi connectivity index (χ0v) is 15.3. The summed E-state index contributed by atoms with van der Waals surface area (Å²) in [5, 5.41) is 2.91. The molecule has 0 radical (unpaired) electrons. The molecule has 1 saturated heterocycles. The maximum absolute atomic E-state index is 12.6. The van der Waals surface area contributed by atoms with Crippen LogP contribution >= 0.6 is 0 Å². The Morgan fingerprint density at radius 2 is 1.83 bits per heavy atom. The van der Waals surface area contributed by atoms with Crippen molar-refractivity contribution in [3.63, 3.8) is 0 Å². The number of carbonyl (C=O) groups is 2. The highest BCUT2D eigenvalue weighted by Gasteiger charge is 2.36. The Labute approximate surface area is 144 Å². The van der Waals surface area contributed by atoms with Crippen LogP contribution in [0.5, 0.6) is 0 Å². The Morgan fingerprint density at radius 3 is 2.38 bits per heavy atom. The molecule has 1 fully saturated rings. The summed E-state index contributed by atoms with van der Waals surface area (Å²) in [6, 6.07) is 7.37. The van der Waals surface area contributed by atoms with Crippen LogP contribution in [0.3, 0.4) is 0 Å². The Hall–Kier alpha value is -2.04. The molecule has 2 amide bonds. The minimum absolute atomic E-state index is 0.157. The van der Waals surface area contributed by atoms with Crippen LogP contribution in [0.2, 0.25) is 0 Å².